The highest BCUT2D eigenvalue weighted by atomic mass is 79.9. The zero-order chi connectivity index (χ0) is 16.7. The summed E-state index contributed by atoms with van der Waals surface area (Å²) in [6.45, 7) is -0.160. The van der Waals surface area contributed by atoms with Crippen LogP contribution < -0.4 is 4.74 Å². The zero-order valence-corrected chi connectivity index (χ0v) is 14.1. The molecule has 4 nitrogen and oxygen atoms in total. The second-order valence-corrected chi connectivity index (χ2v) is 5.56. The lowest BCUT2D eigenvalue weighted by atomic mass is 10.1. The van der Waals surface area contributed by atoms with Gasteiger partial charge in [0.05, 0.1) is 7.11 Å². The van der Waals surface area contributed by atoms with Crippen molar-refractivity contribution in [2.45, 2.75) is 0 Å². The Kier molecular flexibility index (Phi) is 6.11. The van der Waals surface area contributed by atoms with E-state index in [2.05, 4.69) is 20.7 Å². The summed E-state index contributed by atoms with van der Waals surface area (Å²) >= 11 is 3.39. The Morgan fingerprint density at radius 2 is 1.87 bits per heavy atom. The molecule has 0 atom stereocenters. The van der Waals surface area contributed by atoms with Crippen LogP contribution in [-0.4, -0.2) is 25.5 Å². The van der Waals surface area contributed by atoms with Crippen molar-refractivity contribution in [3.8, 4) is 5.75 Å². The van der Waals surface area contributed by atoms with E-state index in [0.29, 0.717) is 11.3 Å². The van der Waals surface area contributed by atoms with Crippen LogP contribution in [0.5, 0.6) is 5.75 Å². The molecule has 2 aromatic rings. The number of hydrogen-bond acceptors (Lipinski definition) is 4. The van der Waals surface area contributed by atoms with Crippen LogP contribution in [0.3, 0.4) is 0 Å². The molecule has 23 heavy (non-hydrogen) atoms. The van der Waals surface area contributed by atoms with Gasteiger partial charge in [-0.2, -0.15) is 0 Å². The van der Waals surface area contributed by atoms with Crippen molar-refractivity contribution in [1.82, 2.24) is 0 Å². The molecule has 5 heteroatoms. The third-order valence-electron chi connectivity index (χ3n) is 3.00. The number of carbonyl (C=O) groups is 2. The van der Waals surface area contributed by atoms with Gasteiger partial charge in [0.1, 0.15) is 5.75 Å². The molecule has 0 unspecified atom stereocenters. The van der Waals surface area contributed by atoms with Crippen molar-refractivity contribution >= 4 is 33.8 Å². The predicted octanol–water partition coefficient (Wildman–Crippen LogP) is 3.90. The Morgan fingerprint density at radius 1 is 1.13 bits per heavy atom. The lowest BCUT2D eigenvalue weighted by Gasteiger charge is -2.05. The molecule has 2 rings (SSSR count). The lowest BCUT2D eigenvalue weighted by molar-refractivity contribution is -0.142. The number of ketones is 1. The molecule has 0 saturated heterocycles. The summed E-state index contributed by atoms with van der Waals surface area (Å²) in [6.07, 6.45) is 3.28. The minimum atomic E-state index is -0.456. The van der Waals surface area contributed by atoms with E-state index in [0.717, 1.165) is 10.0 Å². The highest BCUT2D eigenvalue weighted by Gasteiger charge is 2.04. The van der Waals surface area contributed by atoms with E-state index in [-0.39, 0.29) is 12.4 Å². The van der Waals surface area contributed by atoms with Crippen molar-refractivity contribution in [1.29, 1.82) is 0 Å². The molecule has 0 spiro atoms. The molecule has 0 aliphatic heterocycles. The summed E-state index contributed by atoms with van der Waals surface area (Å²) in [5.41, 5.74) is 1.48. The summed E-state index contributed by atoms with van der Waals surface area (Å²) < 4.78 is 10.7. The maximum Gasteiger partial charge on any atom is 0.343 e. The van der Waals surface area contributed by atoms with Crippen LogP contribution in [0.2, 0.25) is 0 Å². The number of esters is 1. The first kappa shape index (κ1) is 17.0. The topological polar surface area (TPSA) is 52.6 Å². The predicted molar refractivity (Wildman–Crippen MR) is 91.5 cm³/mol. The smallest absolute Gasteiger partial charge is 0.343 e. The van der Waals surface area contributed by atoms with Crippen LogP contribution in [0.25, 0.3) is 6.08 Å². The Morgan fingerprint density at radius 3 is 2.52 bits per heavy atom. The van der Waals surface area contributed by atoms with Crippen molar-refractivity contribution in [3.05, 3.63) is 70.2 Å². The molecule has 118 valence electrons. The fraction of sp³-hybridized carbons (Fsp3) is 0.111. The molecule has 2 aromatic carbocycles. The fourth-order valence-electron chi connectivity index (χ4n) is 1.80. The average molecular weight is 375 g/mol. The molecular weight excluding hydrogens is 360 g/mol. The van der Waals surface area contributed by atoms with Gasteiger partial charge in [-0.1, -0.05) is 34.1 Å². The van der Waals surface area contributed by atoms with Gasteiger partial charge in [0.15, 0.2) is 12.4 Å². The zero-order valence-electron chi connectivity index (χ0n) is 12.5. The van der Waals surface area contributed by atoms with E-state index in [1.807, 2.05) is 24.3 Å². The third kappa shape index (κ3) is 5.38. The van der Waals surface area contributed by atoms with E-state index < -0.39 is 5.97 Å². The van der Waals surface area contributed by atoms with Gasteiger partial charge in [0.25, 0.3) is 0 Å². The number of hydrogen-bond donors (Lipinski definition) is 0. The van der Waals surface area contributed by atoms with Gasteiger partial charge >= 0.3 is 5.97 Å². The van der Waals surface area contributed by atoms with Crippen LogP contribution >= 0.6 is 15.9 Å². The number of rotatable bonds is 6. The number of benzene rings is 2. The number of carbonyl (C=O) groups excluding carboxylic acids is 2. The van der Waals surface area contributed by atoms with Crippen LogP contribution in [0.1, 0.15) is 15.9 Å². The molecule has 0 N–H and O–H groups in total. The maximum absolute atomic E-state index is 12.1. The molecule has 0 radical (unpaired) electrons. The second-order valence-electron chi connectivity index (χ2n) is 4.64. The largest absolute Gasteiger partial charge is 0.482 e. The minimum Gasteiger partial charge on any atom is -0.482 e. The molecule has 0 amide bonds. The fourth-order valence-corrected chi connectivity index (χ4v) is 2.21. The van der Waals surface area contributed by atoms with Crippen molar-refractivity contribution < 1.29 is 19.1 Å². The SMILES string of the molecule is COC(=O)COc1ccc(C(=O)C=Cc2cccc(Br)c2)cc1. The Balaban J connectivity index is 1.98. The third-order valence-corrected chi connectivity index (χ3v) is 3.49. The monoisotopic (exact) mass is 374 g/mol. The molecule has 0 aromatic heterocycles. The van der Waals surface area contributed by atoms with Gasteiger partial charge < -0.3 is 9.47 Å². The first-order chi connectivity index (χ1) is 11.1. The molecule has 0 fully saturated rings. The normalized spacial score (nSPS) is 10.5. The Bertz CT molecular complexity index is 720. The van der Waals surface area contributed by atoms with E-state index >= 15 is 0 Å². The standard InChI is InChI=1S/C18H15BrO4/c1-22-18(21)12-23-16-8-6-14(7-9-16)17(20)10-5-13-3-2-4-15(19)11-13/h2-11H,12H2,1H3. The molecular formula is C18H15BrO4. The minimum absolute atomic E-state index is 0.107. The van der Waals surface area contributed by atoms with Crippen molar-refractivity contribution in [2.24, 2.45) is 0 Å². The van der Waals surface area contributed by atoms with Crippen LogP contribution in [0.15, 0.2) is 59.1 Å². The maximum atomic E-state index is 12.1. The molecule has 0 aliphatic rings. The van der Waals surface area contributed by atoms with Gasteiger partial charge in [-0.3, -0.25) is 4.79 Å². The molecule has 0 heterocycles. The number of allylic oxidation sites excluding steroid dienone is 1. The molecule has 0 aliphatic carbocycles. The van der Waals surface area contributed by atoms with Gasteiger partial charge in [-0.25, -0.2) is 4.79 Å². The Hall–Kier alpha value is -2.40. The van der Waals surface area contributed by atoms with Crippen molar-refractivity contribution in [3.63, 3.8) is 0 Å². The molecule has 0 saturated carbocycles. The van der Waals surface area contributed by atoms with Crippen LogP contribution in [-0.2, 0) is 9.53 Å². The van der Waals surface area contributed by atoms with E-state index in [4.69, 9.17) is 4.74 Å². The molecule has 0 bridgehead atoms. The van der Waals surface area contributed by atoms with E-state index in [9.17, 15) is 9.59 Å². The summed E-state index contributed by atoms with van der Waals surface area (Å²) in [5, 5.41) is 0. The van der Waals surface area contributed by atoms with Crippen LogP contribution in [0, 0.1) is 0 Å². The van der Waals surface area contributed by atoms with E-state index in [1.54, 1.807) is 30.3 Å². The van der Waals surface area contributed by atoms with E-state index in [1.165, 1.54) is 13.2 Å². The number of halogens is 1. The highest BCUT2D eigenvalue weighted by molar-refractivity contribution is 9.10. The second kappa shape index (κ2) is 8.29. The highest BCUT2D eigenvalue weighted by Crippen LogP contribution is 2.15. The first-order valence-corrected chi connectivity index (χ1v) is 7.65. The van der Waals surface area contributed by atoms with Gasteiger partial charge in [-0.15, -0.1) is 0 Å². The van der Waals surface area contributed by atoms with Crippen molar-refractivity contribution in [2.75, 3.05) is 13.7 Å². The van der Waals surface area contributed by atoms with Crippen LogP contribution in [0.4, 0.5) is 0 Å². The lowest BCUT2D eigenvalue weighted by Crippen LogP contribution is -2.12. The number of methoxy groups -OCH3 is 1. The summed E-state index contributed by atoms with van der Waals surface area (Å²) in [6, 6.07) is 14.3. The Labute approximate surface area is 142 Å². The van der Waals surface area contributed by atoms with Gasteiger partial charge in [0, 0.05) is 10.0 Å². The summed E-state index contributed by atoms with van der Waals surface area (Å²) in [7, 11) is 1.30. The van der Waals surface area contributed by atoms with Gasteiger partial charge in [0.2, 0.25) is 0 Å². The van der Waals surface area contributed by atoms with Gasteiger partial charge in [-0.05, 0) is 48.0 Å². The average Bonchev–Trinajstić information content (AvgIpc) is 2.58. The number of ether oxygens (including phenoxy) is 2. The quantitative estimate of drug-likeness (QED) is 0.437. The summed E-state index contributed by atoms with van der Waals surface area (Å²) in [5.74, 6) is -0.0606. The summed E-state index contributed by atoms with van der Waals surface area (Å²) in [4.78, 5) is 23.1. The first-order valence-electron chi connectivity index (χ1n) is 6.86.